The number of halogens is 1. The van der Waals surface area contributed by atoms with Gasteiger partial charge in [-0.15, -0.1) is 0 Å². The van der Waals surface area contributed by atoms with Crippen molar-refractivity contribution in [3.05, 3.63) is 34.3 Å². The molecule has 5 nitrogen and oxygen atoms in total. The van der Waals surface area contributed by atoms with Crippen LogP contribution in [0.4, 0.5) is 10.5 Å². The van der Waals surface area contributed by atoms with Crippen molar-refractivity contribution in [2.24, 2.45) is 0 Å². The molecule has 0 aliphatic carbocycles. The molecule has 0 saturated carbocycles. The molecule has 0 spiro atoms. The minimum atomic E-state index is -0.721. The molecule has 0 fully saturated rings. The molecular weight excluding hydrogens is 324 g/mol. The van der Waals surface area contributed by atoms with Crippen molar-refractivity contribution in [1.82, 2.24) is 4.90 Å². The Hall–Kier alpha value is -1.53. The Morgan fingerprint density at radius 3 is 3.05 bits per heavy atom. The molecule has 0 saturated heterocycles. The quantitative estimate of drug-likeness (QED) is 0.809. The summed E-state index contributed by atoms with van der Waals surface area (Å²) < 4.78 is 5.87. The Labute approximate surface area is 126 Å². The second kappa shape index (κ2) is 6.28. The van der Waals surface area contributed by atoms with Crippen LogP contribution in [0.25, 0.3) is 5.57 Å². The second-order valence-electron chi connectivity index (χ2n) is 4.57. The lowest BCUT2D eigenvalue weighted by atomic mass is 9.99. The predicted octanol–water partition coefficient (Wildman–Crippen LogP) is 2.25. The lowest BCUT2D eigenvalue weighted by molar-refractivity contribution is 0.0895. The van der Waals surface area contributed by atoms with Crippen LogP contribution in [-0.4, -0.2) is 41.9 Å². The number of β-amino-alcohol motifs (C(OH)–C–C–N with tert-alkyl or cyclic N) is 1. The second-order valence-corrected chi connectivity index (χ2v) is 5.49. The van der Waals surface area contributed by atoms with Gasteiger partial charge in [-0.05, 0) is 36.8 Å². The number of anilines is 1. The molecular formula is C14H17BrN2O3. The average molecular weight is 341 g/mol. The number of carbonyl (C=O) groups excluding carboxylic acids is 1. The standard InChI is InChI=1S/C14H17BrN2O3/c1-2-20-14(19)17-7-9(5-11(18)8-17)12-6-10(15)3-4-13(12)16/h3-6,11,18H,2,7-8,16H2,1H3. The molecule has 6 heteroatoms. The summed E-state index contributed by atoms with van der Waals surface area (Å²) in [6, 6.07) is 5.51. The van der Waals surface area contributed by atoms with Crippen molar-refractivity contribution < 1.29 is 14.6 Å². The largest absolute Gasteiger partial charge is 0.450 e. The summed E-state index contributed by atoms with van der Waals surface area (Å²) in [5, 5.41) is 9.91. The number of hydrogen-bond donors (Lipinski definition) is 2. The van der Waals surface area contributed by atoms with Gasteiger partial charge in [-0.1, -0.05) is 15.9 Å². The summed E-state index contributed by atoms with van der Waals surface area (Å²) in [6.07, 6.45) is 0.584. The van der Waals surface area contributed by atoms with Gasteiger partial charge in [0, 0.05) is 22.3 Å². The van der Waals surface area contributed by atoms with E-state index in [1.54, 1.807) is 19.1 Å². The summed E-state index contributed by atoms with van der Waals surface area (Å²) in [5.74, 6) is 0. The summed E-state index contributed by atoms with van der Waals surface area (Å²) in [7, 11) is 0. The first-order valence-electron chi connectivity index (χ1n) is 6.37. The number of carbonyl (C=O) groups is 1. The maximum Gasteiger partial charge on any atom is 0.410 e. The molecule has 108 valence electrons. The fourth-order valence-corrected chi connectivity index (χ4v) is 2.53. The zero-order chi connectivity index (χ0) is 14.7. The molecule has 1 unspecified atom stereocenters. The monoisotopic (exact) mass is 340 g/mol. The van der Waals surface area contributed by atoms with Gasteiger partial charge in [-0.3, -0.25) is 0 Å². The van der Waals surface area contributed by atoms with E-state index in [2.05, 4.69) is 15.9 Å². The van der Waals surface area contributed by atoms with Crippen molar-refractivity contribution in [3.8, 4) is 0 Å². The summed E-state index contributed by atoms with van der Waals surface area (Å²) >= 11 is 3.40. The first kappa shape index (κ1) is 14.9. The number of nitrogen functional groups attached to an aromatic ring is 1. The van der Waals surface area contributed by atoms with Gasteiger partial charge in [0.1, 0.15) is 0 Å². The summed E-state index contributed by atoms with van der Waals surface area (Å²) in [6.45, 7) is 2.66. The van der Waals surface area contributed by atoms with Crippen LogP contribution in [0.3, 0.4) is 0 Å². The van der Waals surface area contributed by atoms with E-state index < -0.39 is 12.2 Å². The molecule has 0 bridgehead atoms. The highest BCUT2D eigenvalue weighted by Crippen LogP contribution is 2.28. The smallest absolute Gasteiger partial charge is 0.410 e. The fourth-order valence-electron chi connectivity index (χ4n) is 2.17. The van der Waals surface area contributed by atoms with Gasteiger partial charge < -0.3 is 20.5 Å². The molecule has 1 aliphatic heterocycles. The third-order valence-electron chi connectivity index (χ3n) is 3.05. The number of hydrogen-bond acceptors (Lipinski definition) is 4. The highest BCUT2D eigenvalue weighted by atomic mass is 79.9. The van der Waals surface area contributed by atoms with E-state index in [-0.39, 0.29) is 6.54 Å². The van der Waals surface area contributed by atoms with E-state index in [1.165, 1.54) is 4.90 Å². The minimum Gasteiger partial charge on any atom is -0.450 e. The van der Waals surface area contributed by atoms with Gasteiger partial charge in [0.2, 0.25) is 0 Å². The number of nitrogens with zero attached hydrogens (tertiary/aromatic N) is 1. The summed E-state index contributed by atoms with van der Waals surface area (Å²) in [4.78, 5) is 13.3. The van der Waals surface area contributed by atoms with Gasteiger partial charge in [-0.2, -0.15) is 0 Å². The maximum absolute atomic E-state index is 11.8. The summed E-state index contributed by atoms with van der Waals surface area (Å²) in [5.41, 5.74) is 8.20. The lowest BCUT2D eigenvalue weighted by Gasteiger charge is -2.29. The van der Waals surface area contributed by atoms with E-state index in [1.807, 2.05) is 12.1 Å². The van der Waals surface area contributed by atoms with E-state index in [0.29, 0.717) is 18.8 Å². The van der Waals surface area contributed by atoms with Crippen LogP contribution >= 0.6 is 15.9 Å². The average Bonchev–Trinajstić information content (AvgIpc) is 2.41. The van der Waals surface area contributed by atoms with Crippen LogP contribution in [0.15, 0.2) is 28.7 Å². The number of aliphatic hydroxyl groups excluding tert-OH is 1. The van der Waals surface area contributed by atoms with Crippen LogP contribution in [0.5, 0.6) is 0 Å². The minimum absolute atomic E-state index is 0.232. The molecule has 0 radical (unpaired) electrons. The molecule has 20 heavy (non-hydrogen) atoms. The molecule has 1 heterocycles. The third-order valence-corrected chi connectivity index (χ3v) is 3.54. The Morgan fingerprint density at radius 2 is 2.35 bits per heavy atom. The number of aliphatic hydroxyl groups is 1. The molecule has 1 atom stereocenters. The van der Waals surface area contributed by atoms with Crippen molar-refractivity contribution in [3.63, 3.8) is 0 Å². The molecule has 1 aromatic rings. The van der Waals surface area contributed by atoms with Crippen LogP contribution in [0, 0.1) is 0 Å². The van der Waals surface area contributed by atoms with E-state index >= 15 is 0 Å². The number of rotatable bonds is 2. The Balaban J connectivity index is 2.27. The fraction of sp³-hybridized carbons (Fsp3) is 0.357. The van der Waals surface area contributed by atoms with Crippen molar-refractivity contribution in [2.45, 2.75) is 13.0 Å². The van der Waals surface area contributed by atoms with Gasteiger partial charge >= 0.3 is 6.09 Å². The molecule has 1 amide bonds. The Morgan fingerprint density at radius 1 is 1.60 bits per heavy atom. The van der Waals surface area contributed by atoms with E-state index in [4.69, 9.17) is 10.5 Å². The molecule has 3 N–H and O–H groups in total. The van der Waals surface area contributed by atoms with Crippen LogP contribution < -0.4 is 5.73 Å². The zero-order valence-corrected chi connectivity index (χ0v) is 12.8. The highest BCUT2D eigenvalue weighted by molar-refractivity contribution is 9.10. The van der Waals surface area contributed by atoms with Crippen LogP contribution in [-0.2, 0) is 4.74 Å². The molecule has 1 aromatic carbocycles. The van der Waals surface area contributed by atoms with Gasteiger partial charge in [0.15, 0.2) is 0 Å². The lowest BCUT2D eigenvalue weighted by Crippen LogP contribution is -2.41. The number of benzene rings is 1. The third kappa shape index (κ3) is 3.32. The molecule has 0 aromatic heterocycles. The topological polar surface area (TPSA) is 75.8 Å². The number of nitrogens with two attached hydrogens (primary N) is 1. The Kier molecular flexibility index (Phi) is 4.67. The van der Waals surface area contributed by atoms with Crippen molar-refractivity contribution >= 4 is 33.3 Å². The normalized spacial score (nSPS) is 18.6. The highest BCUT2D eigenvalue weighted by Gasteiger charge is 2.25. The van der Waals surface area contributed by atoms with E-state index in [9.17, 15) is 9.90 Å². The van der Waals surface area contributed by atoms with Gasteiger partial charge in [0.05, 0.1) is 19.3 Å². The Bertz CT molecular complexity index is 545. The first-order valence-corrected chi connectivity index (χ1v) is 7.16. The van der Waals surface area contributed by atoms with E-state index in [0.717, 1.165) is 15.6 Å². The van der Waals surface area contributed by atoms with Gasteiger partial charge in [-0.25, -0.2) is 4.79 Å². The zero-order valence-electron chi connectivity index (χ0n) is 11.2. The SMILES string of the molecule is CCOC(=O)N1CC(c2cc(Br)ccc2N)=CC(O)C1. The predicted molar refractivity (Wildman–Crippen MR) is 81.1 cm³/mol. The van der Waals surface area contributed by atoms with Crippen molar-refractivity contribution in [2.75, 3.05) is 25.4 Å². The number of amides is 1. The van der Waals surface area contributed by atoms with Crippen LogP contribution in [0.2, 0.25) is 0 Å². The first-order chi connectivity index (χ1) is 9.51. The van der Waals surface area contributed by atoms with Crippen LogP contribution in [0.1, 0.15) is 12.5 Å². The number of ether oxygens (including phenoxy) is 1. The molecule has 1 aliphatic rings. The maximum atomic E-state index is 11.8. The van der Waals surface area contributed by atoms with Crippen molar-refractivity contribution in [1.29, 1.82) is 0 Å². The molecule has 2 rings (SSSR count). The van der Waals surface area contributed by atoms with Gasteiger partial charge in [0.25, 0.3) is 0 Å².